The summed E-state index contributed by atoms with van der Waals surface area (Å²) in [6, 6.07) is 13.0. The molecule has 0 radical (unpaired) electrons. The van der Waals surface area contributed by atoms with Gasteiger partial charge in [-0.25, -0.2) is 9.48 Å². The summed E-state index contributed by atoms with van der Waals surface area (Å²) >= 11 is 0. The number of likely N-dealkylation sites (tertiary alicyclic amines) is 1. The van der Waals surface area contributed by atoms with Crippen LogP contribution in [0.4, 0.5) is 18.9 Å². The molecule has 2 aromatic carbocycles. The molecule has 31 heavy (non-hydrogen) atoms. The number of carbonyl (C=O) groups excluding carboxylic acids is 1. The molecule has 1 fully saturated rings. The fraction of sp³-hybridized carbons (Fsp3) is 0.381. The maximum atomic E-state index is 13.0. The molecule has 2 heterocycles. The second-order valence-corrected chi connectivity index (χ2v) is 7.69. The Morgan fingerprint density at radius 2 is 1.81 bits per heavy atom. The number of hydrogen-bond acceptors (Lipinski definition) is 4. The van der Waals surface area contributed by atoms with Crippen molar-refractivity contribution in [3.05, 3.63) is 58.8 Å². The van der Waals surface area contributed by atoms with Crippen LogP contribution in [-0.4, -0.2) is 44.8 Å². The molecule has 0 atom stereocenters. The summed E-state index contributed by atoms with van der Waals surface area (Å²) in [5, 5.41) is 8.43. The maximum Gasteiger partial charge on any atom is 0.451 e. The summed E-state index contributed by atoms with van der Waals surface area (Å²) in [5.74, 6) is -1.36. The van der Waals surface area contributed by atoms with E-state index in [1.807, 2.05) is 47.4 Å². The Kier molecular flexibility index (Phi) is 5.57. The van der Waals surface area contributed by atoms with E-state index in [0.29, 0.717) is 30.5 Å². The summed E-state index contributed by atoms with van der Waals surface area (Å²) in [4.78, 5) is 26.7. The Hall–Kier alpha value is -3.14. The Morgan fingerprint density at radius 1 is 1.13 bits per heavy atom. The van der Waals surface area contributed by atoms with E-state index in [4.69, 9.17) is 0 Å². The van der Waals surface area contributed by atoms with Gasteiger partial charge in [0.05, 0.1) is 12.6 Å². The van der Waals surface area contributed by atoms with Crippen LogP contribution in [0.5, 0.6) is 0 Å². The van der Waals surface area contributed by atoms with E-state index in [0.717, 1.165) is 28.2 Å². The van der Waals surface area contributed by atoms with Crippen LogP contribution in [0.25, 0.3) is 10.8 Å². The van der Waals surface area contributed by atoms with E-state index in [9.17, 15) is 22.8 Å². The largest absolute Gasteiger partial charge is 0.451 e. The fourth-order valence-corrected chi connectivity index (χ4v) is 3.99. The van der Waals surface area contributed by atoms with Crippen molar-refractivity contribution in [3.63, 3.8) is 0 Å². The predicted octanol–water partition coefficient (Wildman–Crippen LogP) is 3.03. The molecule has 1 saturated heterocycles. The second-order valence-electron chi connectivity index (χ2n) is 7.69. The normalized spacial score (nSPS) is 16.0. The van der Waals surface area contributed by atoms with Gasteiger partial charge in [-0.2, -0.15) is 13.2 Å². The number of rotatable bonds is 4. The quantitative estimate of drug-likeness (QED) is 0.687. The minimum absolute atomic E-state index is 0.163. The molecule has 164 valence electrons. The van der Waals surface area contributed by atoms with Crippen LogP contribution in [-0.2, 0) is 18.0 Å². The van der Waals surface area contributed by atoms with Crippen molar-refractivity contribution in [2.75, 3.05) is 25.0 Å². The summed E-state index contributed by atoms with van der Waals surface area (Å²) in [7, 11) is 1.07. The van der Waals surface area contributed by atoms with Crippen LogP contribution in [0, 0.1) is 0 Å². The van der Waals surface area contributed by atoms with Crippen LogP contribution in [0.3, 0.4) is 0 Å². The molecule has 0 unspecified atom stereocenters. The predicted molar refractivity (Wildman–Crippen MR) is 110 cm³/mol. The molecule has 7 nitrogen and oxygen atoms in total. The van der Waals surface area contributed by atoms with Gasteiger partial charge >= 0.3 is 11.9 Å². The first-order chi connectivity index (χ1) is 14.7. The topological polar surface area (TPSA) is 72.2 Å². The number of halogens is 3. The summed E-state index contributed by atoms with van der Waals surface area (Å²) < 4.78 is 40.5. The molecule has 1 aromatic heterocycles. The van der Waals surface area contributed by atoms with Crippen LogP contribution < -0.4 is 11.0 Å². The smallest absolute Gasteiger partial charge is 0.324 e. The molecule has 10 heteroatoms. The highest BCUT2D eigenvalue weighted by Gasteiger charge is 2.39. The molecule has 4 rings (SSSR count). The van der Waals surface area contributed by atoms with E-state index in [1.54, 1.807) is 0 Å². The number of alkyl halides is 3. The van der Waals surface area contributed by atoms with Gasteiger partial charge in [0.15, 0.2) is 0 Å². The third-order valence-electron chi connectivity index (χ3n) is 5.59. The minimum Gasteiger partial charge on any atom is -0.324 e. The van der Waals surface area contributed by atoms with Crippen molar-refractivity contribution < 1.29 is 18.0 Å². The highest BCUT2D eigenvalue weighted by molar-refractivity contribution is 6.02. The molecule has 0 saturated carbocycles. The van der Waals surface area contributed by atoms with Gasteiger partial charge in [0.1, 0.15) is 0 Å². The van der Waals surface area contributed by atoms with Crippen molar-refractivity contribution in [1.29, 1.82) is 0 Å². The number of fused-ring (bicyclic) bond motifs is 1. The van der Waals surface area contributed by atoms with Gasteiger partial charge in [0, 0.05) is 31.2 Å². The fourth-order valence-electron chi connectivity index (χ4n) is 3.99. The van der Waals surface area contributed by atoms with E-state index in [2.05, 4.69) is 10.4 Å². The van der Waals surface area contributed by atoms with Gasteiger partial charge < -0.3 is 5.32 Å². The molecule has 0 spiro atoms. The average molecular weight is 433 g/mol. The molecular weight excluding hydrogens is 411 g/mol. The van der Waals surface area contributed by atoms with Gasteiger partial charge in [-0.05, 0) is 24.3 Å². The van der Waals surface area contributed by atoms with E-state index >= 15 is 0 Å². The second kappa shape index (κ2) is 8.18. The Labute approximate surface area is 176 Å². The van der Waals surface area contributed by atoms with Gasteiger partial charge in [-0.15, -0.1) is 5.10 Å². The van der Waals surface area contributed by atoms with Gasteiger partial charge in [-0.1, -0.05) is 36.4 Å². The zero-order valence-electron chi connectivity index (χ0n) is 16.9. The Bertz CT molecular complexity index is 1150. The van der Waals surface area contributed by atoms with Gasteiger partial charge in [0.25, 0.3) is 0 Å². The first-order valence-electron chi connectivity index (χ1n) is 9.97. The molecule has 1 aliphatic rings. The van der Waals surface area contributed by atoms with Gasteiger partial charge in [-0.3, -0.25) is 14.3 Å². The molecule has 1 amide bonds. The summed E-state index contributed by atoms with van der Waals surface area (Å²) in [5.41, 5.74) is -0.0443. The van der Waals surface area contributed by atoms with Crippen molar-refractivity contribution in [3.8, 4) is 0 Å². The first-order valence-corrected chi connectivity index (χ1v) is 9.97. The third-order valence-corrected chi connectivity index (χ3v) is 5.59. The highest BCUT2D eigenvalue weighted by atomic mass is 19.4. The van der Waals surface area contributed by atoms with Gasteiger partial charge in [0.2, 0.25) is 11.7 Å². The number of nitrogens with zero attached hydrogens (tertiary/aromatic N) is 4. The SMILES string of the molecule is Cn1c(C(F)(F)F)nn(C2CCN(CC(=O)Nc3cccc4ccccc34)CC2)c1=O. The van der Waals surface area contributed by atoms with Crippen molar-refractivity contribution in [1.82, 2.24) is 19.2 Å². The van der Waals surface area contributed by atoms with Crippen molar-refractivity contribution in [2.24, 2.45) is 7.05 Å². The van der Waals surface area contributed by atoms with Crippen LogP contribution in [0.1, 0.15) is 24.7 Å². The molecule has 1 N–H and O–H groups in total. The van der Waals surface area contributed by atoms with Crippen LogP contribution in [0.2, 0.25) is 0 Å². The first kappa shape index (κ1) is 21.1. The molecule has 0 bridgehead atoms. The van der Waals surface area contributed by atoms with E-state index in [1.165, 1.54) is 0 Å². The van der Waals surface area contributed by atoms with E-state index in [-0.39, 0.29) is 12.5 Å². The van der Waals surface area contributed by atoms with Crippen LogP contribution in [0.15, 0.2) is 47.3 Å². The maximum absolute atomic E-state index is 13.0. The molecule has 1 aliphatic heterocycles. The zero-order chi connectivity index (χ0) is 22.2. The number of nitrogens with one attached hydrogen (secondary N) is 1. The monoisotopic (exact) mass is 433 g/mol. The Morgan fingerprint density at radius 3 is 2.48 bits per heavy atom. The number of hydrogen-bond donors (Lipinski definition) is 1. The van der Waals surface area contributed by atoms with Crippen molar-refractivity contribution in [2.45, 2.75) is 25.1 Å². The molecular formula is C21H22F3N5O2. The molecule has 0 aliphatic carbocycles. The lowest BCUT2D eigenvalue weighted by Crippen LogP contribution is -2.41. The van der Waals surface area contributed by atoms with Crippen LogP contribution >= 0.6 is 0 Å². The molecule has 3 aromatic rings. The highest BCUT2D eigenvalue weighted by Crippen LogP contribution is 2.28. The summed E-state index contributed by atoms with van der Waals surface area (Å²) in [6.45, 7) is 1.14. The number of piperidine rings is 1. The number of benzene rings is 2. The standard InChI is InChI=1S/C21H22F3N5O2/c1-27-19(21(22,23)24)26-29(20(27)31)15-9-11-28(12-10-15)13-18(30)25-17-8-4-6-14-5-2-3-7-16(14)17/h2-8,15H,9-13H2,1H3,(H,25,30). The lowest BCUT2D eigenvalue weighted by atomic mass is 10.1. The number of anilines is 1. The Balaban J connectivity index is 1.37. The van der Waals surface area contributed by atoms with Crippen molar-refractivity contribution >= 4 is 22.4 Å². The number of aromatic nitrogens is 3. The third kappa shape index (κ3) is 4.34. The number of carbonyl (C=O) groups is 1. The lowest BCUT2D eigenvalue weighted by molar-refractivity contribution is -0.147. The number of amides is 1. The van der Waals surface area contributed by atoms with E-state index < -0.39 is 23.7 Å². The summed E-state index contributed by atoms with van der Waals surface area (Å²) in [6.07, 6.45) is -3.80. The zero-order valence-corrected chi connectivity index (χ0v) is 16.9. The minimum atomic E-state index is -4.68. The average Bonchev–Trinajstić information content (AvgIpc) is 3.04. The lowest BCUT2D eigenvalue weighted by Gasteiger charge is -2.31.